The van der Waals surface area contributed by atoms with Crippen molar-refractivity contribution in [1.82, 2.24) is 20.3 Å². The van der Waals surface area contributed by atoms with Crippen molar-refractivity contribution in [3.8, 4) is 0 Å². The number of aryl methyl sites for hydroxylation is 1. The molecule has 0 saturated heterocycles. The summed E-state index contributed by atoms with van der Waals surface area (Å²) < 4.78 is 7.24. The molecule has 0 radical (unpaired) electrons. The monoisotopic (exact) mass is 268 g/mol. The summed E-state index contributed by atoms with van der Waals surface area (Å²) in [6.45, 7) is 0.633. The maximum atomic E-state index is 5.54. The number of aromatic nitrogens is 3. The van der Waals surface area contributed by atoms with Crippen molar-refractivity contribution in [2.45, 2.75) is 12.6 Å². The van der Waals surface area contributed by atoms with Gasteiger partial charge in [-0.05, 0) is 17.7 Å². The number of benzene rings is 1. The molecule has 3 aromatic rings. The third-order valence-corrected chi connectivity index (χ3v) is 3.10. The zero-order valence-corrected chi connectivity index (χ0v) is 11.2. The van der Waals surface area contributed by atoms with Crippen LogP contribution in [0.5, 0.6) is 0 Å². The quantitative estimate of drug-likeness (QED) is 0.771. The van der Waals surface area contributed by atoms with Crippen LogP contribution in [0, 0.1) is 0 Å². The molecule has 3 rings (SSSR count). The van der Waals surface area contributed by atoms with Gasteiger partial charge in [0.1, 0.15) is 5.76 Å². The lowest BCUT2D eigenvalue weighted by molar-refractivity contribution is 0.444. The maximum Gasteiger partial charge on any atom is 0.125 e. The van der Waals surface area contributed by atoms with E-state index in [1.54, 1.807) is 10.9 Å². The summed E-state index contributed by atoms with van der Waals surface area (Å²) in [6, 6.07) is 14.1. The van der Waals surface area contributed by atoms with Crippen LogP contribution in [0.3, 0.4) is 0 Å². The topological polar surface area (TPSA) is 55.9 Å². The minimum Gasteiger partial charge on any atom is -0.467 e. The smallest absolute Gasteiger partial charge is 0.125 e. The third-order valence-electron chi connectivity index (χ3n) is 3.10. The predicted octanol–water partition coefficient (Wildman–Crippen LogP) is 2.29. The number of nitrogens with one attached hydrogen (secondary N) is 1. The molecule has 1 unspecified atom stereocenters. The second-order valence-electron chi connectivity index (χ2n) is 4.62. The molecule has 0 aliphatic heterocycles. The molecule has 5 nitrogen and oxygen atoms in total. The van der Waals surface area contributed by atoms with Crippen LogP contribution in [-0.2, 0) is 13.6 Å². The van der Waals surface area contributed by atoms with Gasteiger partial charge in [-0.1, -0.05) is 35.5 Å². The van der Waals surface area contributed by atoms with E-state index in [0.717, 1.165) is 17.0 Å². The Kier molecular flexibility index (Phi) is 3.60. The van der Waals surface area contributed by atoms with Crippen molar-refractivity contribution in [2.75, 3.05) is 0 Å². The van der Waals surface area contributed by atoms with Crippen molar-refractivity contribution in [3.63, 3.8) is 0 Å². The Morgan fingerprint density at radius 1 is 1.20 bits per heavy atom. The van der Waals surface area contributed by atoms with Gasteiger partial charge in [0.15, 0.2) is 0 Å². The van der Waals surface area contributed by atoms with Crippen molar-refractivity contribution in [2.24, 2.45) is 7.05 Å². The first-order chi connectivity index (χ1) is 9.83. The van der Waals surface area contributed by atoms with E-state index >= 15 is 0 Å². The van der Waals surface area contributed by atoms with Gasteiger partial charge in [-0.2, -0.15) is 0 Å². The lowest BCUT2D eigenvalue weighted by atomic mass is 10.0. The highest BCUT2D eigenvalue weighted by Gasteiger charge is 2.16. The fourth-order valence-electron chi connectivity index (χ4n) is 2.17. The van der Waals surface area contributed by atoms with Gasteiger partial charge in [0.05, 0.1) is 18.0 Å². The van der Waals surface area contributed by atoms with Crippen LogP contribution in [0.2, 0.25) is 0 Å². The van der Waals surface area contributed by atoms with E-state index in [-0.39, 0.29) is 6.04 Å². The van der Waals surface area contributed by atoms with Crippen LogP contribution in [0.15, 0.2) is 59.3 Å². The van der Waals surface area contributed by atoms with Gasteiger partial charge in [0.25, 0.3) is 0 Å². The van der Waals surface area contributed by atoms with E-state index in [4.69, 9.17) is 4.42 Å². The molecule has 5 heteroatoms. The minimum atomic E-state index is 0.00760. The molecule has 1 aromatic carbocycles. The van der Waals surface area contributed by atoms with Gasteiger partial charge in [0.2, 0.25) is 0 Å². The standard InChI is InChI=1S/C15H16N4O/c1-19-11-13(17-18-19)10-16-15(14-8-5-9-20-14)12-6-3-2-4-7-12/h2-9,11,15-16H,10H2,1H3. The highest BCUT2D eigenvalue weighted by Crippen LogP contribution is 2.22. The number of furan rings is 1. The summed E-state index contributed by atoms with van der Waals surface area (Å²) in [6.07, 6.45) is 3.59. The molecular formula is C15H16N4O. The van der Waals surface area contributed by atoms with E-state index in [1.165, 1.54) is 0 Å². The van der Waals surface area contributed by atoms with Crippen LogP contribution in [0.25, 0.3) is 0 Å². The van der Waals surface area contributed by atoms with Crippen molar-refractivity contribution in [1.29, 1.82) is 0 Å². The average Bonchev–Trinajstić information content (AvgIpc) is 3.12. The van der Waals surface area contributed by atoms with Crippen molar-refractivity contribution >= 4 is 0 Å². The zero-order chi connectivity index (χ0) is 13.8. The fraction of sp³-hybridized carbons (Fsp3) is 0.200. The minimum absolute atomic E-state index is 0.00760. The summed E-state index contributed by atoms with van der Waals surface area (Å²) >= 11 is 0. The molecule has 0 spiro atoms. The van der Waals surface area contributed by atoms with Gasteiger partial charge in [-0.3, -0.25) is 10.00 Å². The molecule has 0 amide bonds. The summed E-state index contributed by atoms with van der Waals surface area (Å²) in [5, 5.41) is 11.5. The lowest BCUT2D eigenvalue weighted by Gasteiger charge is -2.16. The first-order valence-corrected chi connectivity index (χ1v) is 6.50. The SMILES string of the molecule is Cn1cc(CNC(c2ccccc2)c2ccco2)nn1. The maximum absolute atomic E-state index is 5.54. The Morgan fingerprint density at radius 3 is 2.70 bits per heavy atom. The van der Waals surface area contributed by atoms with Crippen LogP contribution in [0.4, 0.5) is 0 Å². The van der Waals surface area contributed by atoms with Gasteiger partial charge in [0, 0.05) is 19.8 Å². The van der Waals surface area contributed by atoms with Crippen LogP contribution < -0.4 is 5.32 Å². The molecule has 20 heavy (non-hydrogen) atoms. The van der Waals surface area contributed by atoms with Crippen LogP contribution in [0.1, 0.15) is 23.1 Å². The third kappa shape index (κ3) is 2.78. The number of hydrogen-bond donors (Lipinski definition) is 1. The molecule has 102 valence electrons. The summed E-state index contributed by atoms with van der Waals surface area (Å²) in [4.78, 5) is 0. The molecule has 0 bridgehead atoms. The predicted molar refractivity (Wildman–Crippen MR) is 74.8 cm³/mol. The fourth-order valence-corrected chi connectivity index (χ4v) is 2.17. The highest BCUT2D eigenvalue weighted by molar-refractivity contribution is 5.26. The summed E-state index contributed by atoms with van der Waals surface area (Å²) in [5.74, 6) is 0.889. The Balaban J connectivity index is 1.80. The number of nitrogens with zero attached hydrogens (tertiary/aromatic N) is 3. The second-order valence-corrected chi connectivity index (χ2v) is 4.62. The van der Waals surface area contributed by atoms with Gasteiger partial charge in [-0.25, -0.2) is 0 Å². The Hall–Kier alpha value is -2.40. The largest absolute Gasteiger partial charge is 0.467 e. The molecule has 0 aliphatic carbocycles. The van der Waals surface area contributed by atoms with Crippen LogP contribution >= 0.6 is 0 Å². The van der Waals surface area contributed by atoms with Crippen molar-refractivity contribution in [3.05, 3.63) is 71.9 Å². The van der Waals surface area contributed by atoms with Gasteiger partial charge < -0.3 is 4.42 Å². The van der Waals surface area contributed by atoms with E-state index in [9.17, 15) is 0 Å². The Labute approximate surface area is 117 Å². The molecule has 0 saturated carbocycles. The second kappa shape index (κ2) is 5.71. The number of rotatable bonds is 5. The number of hydrogen-bond acceptors (Lipinski definition) is 4. The van der Waals surface area contributed by atoms with E-state index in [0.29, 0.717) is 6.54 Å². The van der Waals surface area contributed by atoms with E-state index in [2.05, 4.69) is 27.8 Å². The normalized spacial score (nSPS) is 12.4. The Morgan fingerprint density at radius 2 is 2.05 bits per heavy atom. The molecular weight excluding hydrogens is 252 g/mol. The average molecular weight is 268 g/mol. The zero-order valence-electron chi connectivity index (χ0n) is 11.2. The van der Waals surface area contributed by atoms with Gasteiger partial charge in [-0.15, -0.1) is 5.10 Å². The molecule has 0 aliphatic rings. The Bertz CT molecular complexity index is 646. The first-order valence-electron chi connectivity index (χ1n) is 6.50. The van der Waals surface area contributed by atoms with E-state index < -0.39 is 0 Å². The lowest BCUT2D eigenvalue weighted by Crippen LogP contribution is -2.21. The molecule has 1 N–H and O–H groups in total. The highest BCUT2D eigenvalue weighted by atomic mass is 16.3. The molecule has 0 fully saturated rings. The summed E-state index contributed by atoms with van der Waals surface area (Å²) in [5.41, 5.74) is 2.06. The molecule has 2 heterocycles. The molecule has 2 aromatic heterocycles. The summed E-state index contributed by atoms with van der Waals surface area (Å²) in [7, 11) is 1.86. The van der Waals surface area contributed by atoms with Crippen LogP contribution in [-0.4, -0.2) is 15.0 Å². The van der Waals surface area contributed by atoms with Crippen molar-refractivity contribution < 1.29 is 4.42 Å². The van der Waals surface area contributed by atoms with E-state index in [1.807, 2.05) is 43.6 Å². The first kappa shape index (κ1) is 12.6. The molecule has 1 atom stereocenters. The van der Waals surface area contributed by atoms with Gasteiger partial charge >= 0.3 is 0 Å².